The van der Waals surface area contributed by atoms with Crippen LogP contribution >= 0.6 is 23.4 Å². The molecular formula is C14H16ClN3OS. The fourth-order valence-electron chi connectivity index (χ4n) is 2.41. The predicted octanol–water partition coefficient (Wildman–Crippen LogP) is 3.61. The second-order valence-corrected chi connectivity index (χ2v) is 6.55. The fourth-order valence-corrected chi connectivity index (χ4v) is 3.28. The summed E-state index contributed by atoms with van der Waals surface area (Å²) in [6.45, 7) is 0. The highest BCUT2D eigenvalue weighted by Crippen LogP contribution is 2.33. The predicted molar refractivity (Wildman–Crippen MR) is 79.9 cm³/mol. The van der Waals surface area contributed by atoms with Gasteiger partial charge in [-0.2, -0.15) is 4.98 Å². The maximum atomic E-state index is 5.91. The highest BCUT2D eigenvalue weighted by molar-refractivity contribution is 7.98. The van der Waals surface area contributed by atoms with Gasteiger partial charge >= 0.3 is 0 Å². The van der Waals surface area contributed by atoms with Crippen LogP contribution in [0.25, 0.3) is 0 Å². The molecule has 6 heteroatoms. The molecule has 2 aromatic rings. The Bertz CT molecular complexity index is 572. The lowest BCUT2D eigenvalue weighted by molar-refractivity contribution is 0.350. The number of thioether (sulfide) groups is 1. The molecule has 20 heavy (non-hydrogen) atoms. The topological polar surface area (TPSA) is 64.9 Å². The fraction of sp³-hybridized carbons (Fsp3) is 0.429. The van der Waals surface area contributed by atoms with Crippen molar-refractivity contribution in [2.75, 3.05) is 0 Å². The van der Waals surface area contributed by atoms with Gasteiger partial charge in [-0.15, -0.1) is 11.8 Å². The Morgan fingerprint density at radius 3 is 2.80 bits per heavy atom. The molecule has 1 aliphatic rings. The smallest absolute Gasteiger partial charge is 0.229 e. The zero-order valence-corrected chi connectivity index (χ0v) is 12.5. The number of nitrogens with two attached hydrogens (primary N) is 1. The minimum absolute atomic E-state index is 0.277. The average Bonchev–Trinajstić information content (AvgIpc) is 3.07. The Hall–Kier alpha value is -1.04. The normalized spacial score (nSPS) is 22.3. The molecule has 1 fully saturated rings. The summed E-state index contributed by atoms with van der Waals surface area (Å²) in [6.07, 6.45) is 3.04. The lowest BCUT2D eigenvalue weighted by Gasteiger charge is -2.01. The van der Waals surface area contributed by atoms with E-state index in [-0.39, 0.29) is 6.04 Å². The number of hydrogen-bond acceptors (Lipinski definition) is 5. The summed E-state index contributed by atoms with van der Waals surface area (Å²) in [6, 6.07) is 8.02. The van der Waals surface area contributed by atoms with E-state index in [1.807, 2.05) is 24.3 Å². The Kier molecular flexibility index (Phi) is 4.29. The third-order valence-electron chi connectivity index (χ3n) is 3.49. The number of halogens is 1. The van der Waals surface area contributed by atoms with Crippen LogP contribution in [0.15, 0.2) is 33.7 Å². The number of nitrogens with zero attached hydrogens (tertiary/aromatic N) is 2. The first-order valence-electron chi connectivity index (χ1n) is 6.67. The first kappa shape index (κ1) is 13.9. The van der Waals surface area contributed by atoms with E-state index in [0.29, 0.717) is 11.7 Å². The third-order valence-corrected chi connectivity index (χ3v) is 4.75. The molecule has 0 aliphatic heterocycles. The van der Waals surface area contributed by atoms with Crippen LogP contribution in [0.4, 0.5) is 0 Å². The van der Waals surface area contributed by atoms with Gasteiger partial charge in [-0.25, -0.2) is 0 Å². The summed E-state index contributed by atoms with van der Waals surface area (Å²) in [5.41, 5.74) is 5.91. The molecule has 0 saturated heterocycles. The second kappa shape index (κ2) is 6.16. The summed E-state index contributed by atoms with van der Waals surface area (Å²) in [5.74, 6) is 2.51. The first-order chi connectivity index (χ1) is 9.70. The zero-order chi connectivity index (χ0) is 13.9. The molecule has 106 valence electrons. The van der Waals surface area contributed by atoms with E-state index in [4.69, 9.17) is 21.9 Å². The molecule has 4 nitrogen and oxygen atoms in total. The maximum Gasteiger partial charge on any atom is 0.229 e. The van der Waals surface area contributed by atoms with Crippen LogP contribution in [0.5, 0.6) is 0 Å². The molecule has 1 saturated carbocycles. The Morgan fingerprint density at radius 1 is 1.30 bits per heavy atom. The molecule has 0 spiro atoms. The van der Waals surface area contributed by atoms with Gasteiger partial charge in [0.25, 0.3) is 0 Å². The molecular weight excluding hydrogens is 294 g/mol. The molecule has 3 rings (SSSR count). The van der Waals surface area contributed by atoms with E-state index in [0.717, 1.165) is 40.9 Å². The van der Waals surface area contributed by atoms with Crippen molar-refractivity contribution in [1.29, 1.82) is 0 Å². The molecule has 2 N–H and O–H groups in total. The number of rotatable bonds is 4. The Labute approximate surface area is 127 Å². The van der Waals surface area contributed by atoms with Crippen molar-refractivity contribution < 1.29 is 4.52 Å². The van der Waals surface area contributed by atoms with E-state index in [1.165, 1.54) is 0 Å². The Balaban J connectivity index is 1.58. The molecule has 1 aromatic heterocycles. The summed E-state index contributed by atoms with van der Waals surface area (Å²) in [5, 5.41) is 4.79. The van der Waals surface area contributed by atoms with Gasteiger partial charge in [-0.1, -0.05) is 16.8 Å². The maximum absolute atomic E-state index is 5.91. The lowest BCUT2D eigenvalue weighted by atomic mass is 10.1. The number of hydrogen-bond donors (Lipinski definition) is 1. The van der Waals surface area contributed by atoms with Gasteiger partial charge in [0.15, 0.2) is 5.82 Å². The van der Waals surface area contributed by atoms with Crippen LogP contribution in [0.3, 0.4) is 0 Å². The van der Waals surface area contributed by atoms with Crippen LogP contribution < -0.4 is 5.73 Å². The molecule has 1 heterocycles. The molecule has 0 amide bonds. The van der Waals surface area contributed by atoms with E-state index in [9.17, 15) is 0 Å². The summed E-state index contributed by atoms with van der Waals surface area (Å²) < 4.78 is 5.35. The quantitative estimate of drug-likeness (QED) is 0.874. The monoisotopic (exact) mass is 309 g/mol. The van der Waals surface area contributed by atoms with E-state index in [2.05, 4.69) is 10.1 Å². The van der Waals surface area contributed by atoms with Crippen LogP contribution in [-0.2, 0) is 5.75 Å². The zero-order valence-electron chi connectivity index (χ0n) is 11.0. The van der Waals surface area contributed by atoms with E-state index >= 15 is 0 Å². The molecule has 1 aromatic carbocycles. The van der Waals surface area contributed by atoms with Gasteiger partial charge in [0.05, 0.1) is 5.75 Å². The molecule has 0 radical (unpaired) electrons. The summed E-state index contributed by atoms with van der Waals surface area (Å²) in [4.78, 5) is 5.62. The molecule has 0 bridgehead atoms. The minimum Gasteiger partial charge on any atom is -0.339 e. The van der Waals surface area contributed by atoms with Crippen molar-refractivity contribution in [1.82, 2.24) is 10.1 Å². The van der Waals surface area contributed by atoms with Crippen molar-refractivity contribution in [3.8, 4) is 0 Å². The van der Waals surface area contributed by atoms with Crippen LogP contribution in [-0.4, -0.2) is 16.2 Å². The Morgan fingerprint density at radius 2 is 2.10 bits per heavy atom. The van der Waals surface area contributed by atoms with E-state index < -0.39 is 0 Å². The van der Waals surface area contributed by atoms with Crippen molar-refractivity contribution in [2.24, 2.45) is 5.73 Å². The molecule has 2 atom stereocenters. The SMILES string of the molecule is N[C@H]1CC[C@@H](c2nc(CSc3ccc(Cl)cc3)no2)C1. The minimum atomic E-state index is 0.277. The van der Waals surface area contributed by atoms with Gasteiger partial charge in [-0.05, 0) is 43.5 Å². The summed E-state index contributed by atoms with van der Waals surface area (Å²) in [7, 11) is 0. The summed E-state index contributed by atoms with van der Waals surface area (Å²) >= 11 is 7.53. The van der Waals surface area contributed by atoms with Gasteiger partial charge < -0.3 is 10.3 Å². The third kappa shape index (κ3) is 3.34. The number of benzene rings is 1. The number of aromatic nitrogens is 2. The lowest BCUT2D eigenvalue weighted by Crippen LogP contribution is -2.14. The van der Waals surface area contributed by atoms with Crippen LogP contribution in [0.1, 0.15) is 36.9 Å². The second-order valence-electron chi connectivity index (χ2n) is 5.06. The van der Waals surface area contributed by atoms with Crippen molar-refractivity contribution in [2.45, 2.75) is 41.9 Å². The molecule has 1 aliphatic carbocycles. The standard InChI is InChI=1S/C14H16ClN3OS/c15-10-2-5-12(6-3-10)20-8-13-17-14(19-18-13)9-1-4-11(16)7-9/h2-3,5-6,9,11H,1,4,7-8,16H2/t9-,11+/m1/s1. The van der Waals surface area contributed by atoms with Gasteiger partial charge in [0.2, 0.25) is 5.89 Å². The van der Waals surface area contributed by atoms with Crippen molar-refractivity contribution in [3.63, 3.8) is 0 Å². The average molecular weight is 310 g/mol. The van der Waals surface area contributed by atoms with Gasteiger partial charge in [0.1, 0.15) is 0 Å². The highest BCUT2D eigenvalue weighted by Gasteiger charge is 2.27. The van der Waals surface area contributed by atoms with Gasteiger partial charge in [0, 0.05) is 21.9 Å². The van der Waals surface area contributed by atoms with Gasteiger partial charge in [-0.3, -0.25) is 0 Å². The van der Waals surface area contributed by atoms with Crippen molar-refractivity contribution in [3.05, 3.63) is 41.0 Å². The molecule has 0 unspecified atom stereocenters. The van der Waals surface area contributed by atoms with Crippen LogP contribution in [0, 0.1) is 0 Å². The highest BCUT2D eigenvalue weighted by atomic mass is 35.5. The first-order valence-corrected chi connectivity index (χ1v) is 8.03. The van der Waals surface area contributed by atoms with E-state index in [1.54, 1.807) is 11.8 Å². The largest absolute Gasteiger partial charge is 0.339 e. The van der Waals surface area contributed by atoms with Crippen molar-refractivity contribution >= 4 is 23.4 Å². The van der Waals surface area contributed by atoms with Crippen LogP contribution in [0.2, 0.25) is 5.02 Å².